The van der Waals surface area contributed by atoms with Gasteiger partial charge in [0.15, 0.2) is 6.54 Å². The van der Waals surface area contributed by atoms with Gasteiger partial charge in [-0.15, -0.1) is 0 Å². The minimum absolute atomic E-state index is 0.244. The zero-order chi connectivity index (χ0) is 21.2. The molecule has 1 fully saturated rings. The van der Waals surface area contributed by atoms with Crippen molar-refractivity contribution >= 4 is 11.9 Å². The highest BCUT2D eigenvalue weighted by atomic mass is 16.5. The number of urea groups is 1. The van der Waals surface area contributed by atoms with Gasteiger partial charge in [-0.05, 0) is 0 Å². The van der Waals surface area contributed by atoms with Crippen molar-refractivity contribution in [2.75, 3.05) is 53.0 Å². The topological polar surface area (TPSA) is 76.3 Å². The van der Waals surface area contributed by atoms with Crippen LogP contribution in [0.15, 0.2) is 60.7 Å². The lowest BCUT2D eigenvalue weighted by atomic mass is 9.96. The molecule has 30 heavy (non-hydrogen) atoms. The Hall–Kier alpha value is -2.74. The van der Waals surface area contributed by atoms with Crippen LogP contribution in [0.5, 0.6) is 0 Å². The first-order valence-electron chi connectivity index (χ1n) is 10.5. The molecule has 0 radical (unpaired) electrons. The first kappa shape index (κ1) is 22.0. The third-order valence-electron chi connectivity index (χ3n) is 5.53. The predicted octanol–water partition coefficient (Wildman–Crippen LogP) is -0.968. The number of methoxy groups -OCH3 is 1. The maximum atomic E-state index is 12.2. The average Bonchev–Trinajstić information content (AvgIpc) is 2.77. The van der Waals surface area contributed by atoms with Gasteiger partial charge in [-0.25, -0.2) is 4.79 Å². The fourth-order valence-corrected chi connectivity index (χ4v) is 4.05. The van der Waals surface area contributed by atoms with Gasteiger partial charge in [-0.2, -0.15) is 0 Å². The number of ether oxygens (including phenoxy) is 1. The molecule has 7 heteroatoms. The second kappa shape index (κ2) is 11.4. The van der Waals surface area contributed by atoms with E-state index in [1.807, 2.05) is 12.1 Å². The highest BCUT2D eigenvalue weighted by Gasteiger charge is 2.32. The predicted molar refractivity (Wildman–Crippen MR) is 114 cm³/mol. The van der Waals surface area contributed by atoms with Crippen LogP contribution in [-0.2, 0) is 9.53 Å². The Morgan fingerprint density at radius 3 is 2.03 bits per heavy atom. The van der Waals surface area contributed by atoms with Gasteiger partial charge in [0.25, 0.3) is 5.91 Å². The van der Waals surface area contributed by atoms with Gasteiger partial charge in [0.05, 0.1) is 6.61 Å². The maximum Gasteiger partial charge on any atom is 0.321 e. The first-order chi connectivity index (χ1) is 14.7. The summed E-state index contributed by atoms with van der Waals surface area (Å²) in [6.45, 7) is 4.83. The molecule has 0 unspecified atom stereocenters. The van der Waals surface area contributed by atoms with Crippen LogP contribution in [0.25, 0.3) is 0 Å². The molecule has 0 spiro atoms. The molecule has 0 saturated carbocycles. The van der Waals surface area contributed by atoms with E-state index < -0.39 is 6.03 Å². The van der Waals surface area contributed by atoms with Crippen molar-refractivity contribution in [3.8, 4) is 0 Å². The summed E-state index contributed by atoms with van der Waals surface area (Å²) >= 11 is 0. The number of piperazine rings is 1. The van der Waals surface area contributed by atoms with E-state index >= 15 is 0 Å². The molecule has 0 atom stereocenters. The number of imide groups is 1. The summed E-state index contributed by atoms with van der Waals surface area (Å²) in [6, 6.07) is 21.1. The molecular formula is C23H32N4O3+2. The number of hydrogen-bond acceptors (Lipinski definition) is 3. The molecule has 2 aromatic carbocycles. The van der Waals surface area contributed by atoms with Crippen LogP contribution in [0, 0.1) is 0 Å². The largest absolute Gasteiger partial charge is 0.383 e. The Morgan fingerprint density at radius 1 is 0.933 bits per heavy atom. The third kappa shape index (κ3) is 6.38. The number of carbonyl (C=O) groups is 2. The Balaban J connectivity index is 1.54. The van der Waals surface area contributed by atoms with Crippen molar-refractivity contribution in [3.63, 3.8) is 0 Å². The van der Waals surface area contributed by atoms with Gasteiger partial charge < -0.3 is 19.9 Å². The quantitative estimate of drug-likeness (QED) is 0.422. The lowest BCUT2D eigenvalue weighted by Crippen LogP contribution is -3.28. The van der Waals surface area contributed by atoms with Gasteiger partial charge in [0.1, 0.15) is 32.2 Å². The molecule has 0 aliphatic carbocycles. The Bertz CT molecular complexity index is 753. The number of hydrogen-bond donors (Lipinski definition) is 4. The molecule has 1 saturated heterocycles. The van der Waals surface area contributed by atoms with Crippen molar-refractivity contribution in [2.45, 2.75) is 6.04 Å². The summed E-state index contributed by atoms with van der Waals surface area (Å²) in [5.74, 6) is -0.244. The van der Waals surface area contributed by atoms with Crippen LogP contribution in [0.2, 0.25) is 0 Å². The Labute approximate surface area is 178 Å². The monoisotopic (exact) mass is 412 g/mol. The minimum atomic E-state index is -0.464. The van der Waals surface area contributed by atoms with Gasteiger partial charge in [0.2, 0.25) is 0 Å². The Kier molecular flexibility index (Phi) is 8.38. The van der Waals surface area contributed by atoms with Gasteiger partial charge in [-0.1, -0.05) is 60.7 Å². The van der Waals surface area contributed by atoms with E-state index in [1.165, 1.54) is 20.9 Å². The van der Waals surface area contributed by atoms with E-state index in [9.17, 15) is 9.59 Å². The van der Waals surface area contributed by atoms with E-state index in [0.29, 0.717) is 19.7 Å². The fourth-order valence-electron chi connectivity index (χ4n) is 4.05. The average molecular weight is 413 g/mol. The fraction of sp³-hybridized carbons (Fsp3) is 0.391. The van der Waals surface area contributed by atoms with Crippen molar-refractivity contribution in [1.29, 1.82) is 0 Å². The molecule has 1 aliphatic heterocycles. The summed E-state index contributed by atoms with van der Waals surface area (Å²) in [5.41, 5.74) is 2.63. The second-order valence-corrected chi connectivity index (χ2v) is 7.64. The van der Waals surface area contributed by atoms with Crippen LogP contribution < -0.4 is 20.4 Å². The van der Waals surface area contributed by atoms with E-state index in [2.05, 4.69) is 59.2 Å². The van der Waals surface area contributed by atoms with Crippen LogP contribution in [0.4, 0.5) is 4.79 Å². The van der Waals surface area contributed by atoms with Gasteiger partial charge in [0, 0.05) is 24.8 Å². The van der Waals surface area contributed by atoms with Crippen LogP contribution >= 0.6 is 0 Å². The van der Waals surface area contributed by atoms with E-state index in [-0.39, 0.29) is 11.9 Å². The molecule has 2 aromatic rings. The minimum Gasteiger partial charge on any atom is -0.383 e. The molecule has 3 rings (SSSR count). The summed E-state index contributed by atoms with van der Waals surface area (Å²) in [7, 11) is 1.57. The van der Waals surface area contributed by atoms with Crippen LogP contribution in [0.3, 0.4) is 0 Å². The lowest BCUT2D eigenvalue weighted by molar-refractivity contribution is -1.02. The summed E-state index contributed by atoms with van der Waals surface area (Å²) in [6.07, 6.45) is 0. The highest BCUT2D eigenvalue weighted by molar-refractivity contribution is 5.94. The maximum absolute atomic E-state index is 12.2. The molecule has 1 heterocycles. The van der Waals surface area contributed by atoms with E-state index in [0.717, 1.165) is 26.2 Å². The van der Waals surface area contributed by atoms with E-state index in [1.54, 1.807) is 7.11 Å². The first-order valence-corrected chi connectivity index (χ1v) is 10.5. The molecule has 7 nitrogen and oxygen atoms in total. The number of rotatable bonds is 8. The number of amides is 3. The number of nitrogens with one attached hydrogen (secondary N) is 4. The van der Waals surface area contributed by atoms with Crippen molar-refractivity contribution in [3.05, 3.63) is 71.8 Å². The standard InChI is InChI=1S/C23H30N4O3/c1-30-17-12-24-23(29)25-21(28)18-26-13-15-27(16-14-26)22(19-8-4-2-5-9-19)20-10-6-3-7-11-20/h2-11,22H,12-18H2,1H3,(H2,24,25,28,29)/p+2. The lowest BCUT2D eigenvalue weighted by Gasteiger charge is -2.34. The molecule has 4 N–H and O–H groups in total. The van der Waals surface area contributed by atoms with Gasteiger partial charge >= 0.3 is 6.03 Å². The van der Waals surface area contributed by atoms with Crippen molar-refractivity contribution in [2.24, 2.45) is 0 Å². The van der Waals surface area contributed by atoms with E-state index in [4.69, 9.17) is 4.74 Å². The van der Waals surface area contributed by atoms with Gasteiger partial charge in [-0.3, -0.25) is 10.1 Å². The SMILES string of the molecule is COCCNC(=O)NC(=O)C[NH+]1CC[NH+](C(c2ccccc2)c2ccccc2)CC1. The molecular weight excluding hydrogens is 380 g/mol. The molecule has 3 amide bonds. The summed E-state index contributed by atoms with van der Waals surface area (Å²) in [5, 5.41) is 5.00. The summed E-state index contributed by atoms with van der Waals surface area (Å²) in [4.78, 5) is 26.6. The smallest absolute Gasteiger partial charge is 0.321 e. The molecule has 160 valence electrons. The number of carbonyl (C=O) groups excluding carboxylic acids is 2. The highest BCUT2D eigenvalue weighted by Crippen LogP contribution is 2.18. The molecule has 0 bridgehead atoms. The number of benzene rings is 2. The van der Waals surface area contributed by atoms with Crippen LogP contribution in [0.1, 0.15) is 17.2 Å². The van der Waals surface area contributed by atoms with Crippen LogP contribution in [-0.4, -0.2) is 64.9 Å². The second-order valence-electron chi connectivity index (χ2n) is 7.64. The Morgan fingerprint density at radius 2 is 1.50 bits per heavy atom. The molecule has 1 aliphatic rings. The normalized spacial score (nSPS) is 18.7. The number of quaternary nitrogens is 2. The zero-order valence-corrected chi connectivity index (χ0v) is 17.5. The van der Waals surface area contributed by atoms with Crippen molar-refractivity contribution in [1.82, 2.24) is 10.6 Å². The van der Waals surface area contributed by atoms with Crippen molar-refractivity contribution < 1.29 is 24.1 Å². The third-order valence-corrected chi connectivity index (χ3v) is 5.53. The molecule has 0 aromatic heterocycles. The zero-order valence-electron chi connectivity index (χ0n) is 17.5. The summed E-state index contributed by atoms with van der Waals surface area (Å²) < 4.78 is 4.88.